The summed E-state index contributed by atoms with van der Waals surface area (Å²) in [6.45, 7) is 3.99. The molecule has 1 rings (SSSR count). The van der Waals surface area contributed by atoms with E-state index in [-0.39, 0.29) is 30.7 Å². The molecule has 0 aliphatic heterocycles. The number of carboxylic acid groups (broad SMARTS) is 1. The summed E-state index contributed by atoms with van der Waals surface area (Å²) in [6, 6.07) is 7.07. The molecule has 5 nitrogen and oxygen atoms in total. The number of nitrogens with one attached hydrogen (secondary N) is 1. The highest BCUT2D eigenvalue weighted by atomic mass is 35.5. The second kappa shape index (κ2) is 8.00. The molecule has 0 aliphatic rings. The average Bonchev–Trinajstić information content (AvgIpc) is 2.40. The van der Waals surface area contributed by atoms with Gasteiger partial charge in [-0.2, -0.15) is 0 Å². The fourth-order valence-electron chi connectivity index (χ4n) is 2.07. The molecule has 0 aromatic heterocycles. The molecule has 1 aromatic rings. The van der Waals surface area contributed by atoms with E-state index in [0.29, 0.717) is 5.02 Å². The van der Waals surface area contributed by atoms with Gasteiger partial charge in [0.25, 0.3) is 0 Å². The summed E-state index contributed by atoms with van der Waals surface area (Å²) in [5.41, 5.74) is 0.852. The van der Waals surface area contributed by atoms with Crippen LogP contribution in [-0.4, -0.2) is 34.7 Å². The van der Waals surface area contributed by atoms with Crippen molar-refractivity contribution in [1.82, 2.24) is 5.32 Å². The zero-order valence-electron chi connectivity index (χ0n) is 12.0. The Balaban J connectivity index is 2.66. The number of carboxylic acids is 1. The number of benzene rings is 1. The smallest absolute Gasteiger partial charge is 0.332 e. The van der Waals surface area contributed by atoms with Crippen LogP contribution in [0.5, 0.6) is 0 Å². The van der Waals surface area contributed by atoms with Crippen molar-refractivity contribution in [1.29, 1.82) is 0 Å². The third-order valence-corrected chi connectivity index (χ3v) is 3.43. The molecule has 1 aromatic carbocycles. The largest absolute Gasteiger partial charge is 0.479 e. The van der Waals surface area contributed by atoms with E-state index < -0.39 is 12.1 Å². The molecule has 3 N–H and O–H groups in total. The molecule has 21 heavy (non-hydrogen) atoms. The Labute approximate surface area is 128 Å². The monoisotopic (exact) mass is 313 g/mol. The molecule has 0 saturated carbocycles. The molecule has 1 amide bonds. The first-order chi connectivity index (χ1) is 9.82. The van der Waals surface area contributed by atoms with Gasteiger partial charge in [-0.15, -0.1) is 0 Å². The van der Waals surface area contributed by atoms with Crippen molar-refractivity contribution in [3.63, 3.8) is 0 Å². The fraction of sp³-hybridized carbons (Fsp3) is 0.467. The molecular formula is C15H20ClNO4. The highest BCUT2D eigenvalue weighted by Gasteiger charge is 2.24. The Morgan fingerprint density at radius 1 is 1.24 bits per heavy atom. The summed E-state index contributed by atoms with van der Waals surface area (Å²) >= 11 is 5.84. The molecule has 0 aliphatic carbocycles. The minimum Gasteiger partial charge on any atom is -0.479 e. The molecule has 2 atom stereocenters. The predicted octanol–water partition coefficient (Wildman–Crippen LogP) is 2.03. The number of carbonyl (C=O) groups is 2. The Bertz CT molecular complexity index is 487. The molecular weight excluding hydrogens is 294 g/mol. The van der Waals surface area contributed by atoms with Crippen LogP contribution in [0.2, 0.25) is 5.02 Å². The van der Waals surface area contributed by atoms with Crippen LogP contribution in [0.25, 0.3) is 0 Å². The van der Waals surface area contributed by atoms with Gasteiger partial charge in [0.15, 0.2) is 6.10 Å². The van der Waals surface area contributed by atoms with Gasteiger partial charge in [0.1, 0.15) is 0 Å². The van der Waals surface area contributed by atoms with Crippen LogP contribution in [0.3, 0.4) is 0 Å². The molecule has 0 fully saturated rings. The quantitative estimate of drug-likeness (QED) is 0.719. The van der Waals surface area contributed by atoms with Crippen LogP contribution in [0.4, 0.5) is 0 Å². The Morgan fingerprint density at radius 2 is 1.81 bits per heavy atom. The van der Waals surface area contributed by atoms with E-state index in [9.17, 15) is 9.59 Å². The lowest BCUT2D eigenvalue weighted by Gasteiger charge is -2.21. The van der Waals surface area contributed by atoms with Crippen molar-refractivity contribution in [2.24, 2.45) is 5.92 Å². The van der Waals surface area contributed by atoms with Crippen molar-refractivity contribution in [2.45, 2.75) is 32.3 Å². The average molecular weight is 314 g/mol. The van der Waals surface area contributed by atoms with Crippen LogP contribution in [0.1, 0.15) is 31.7 Å². The normalized spacial score (nSPS) is 13.8. The molecule has 116 valence electrons. The van der Waals surface area contributed by atoms with E-state index in [2.05, 4.69) is 5.32 Å². The summed E-state index contributed by atoms with van der Waals surface area (Å²) in [6.07, 6.45) is -1.48. The lowest BCUT2D eigenvalue weighted by Crippen LogP contribution is -2.35. The van der Waals surface area contributed by atoms with Gasteiger partial charge >= 0.3 is 5.97 Å². The molecule has 0 radical (unpaired) electrons. The molecule has 2 unspecified atom stereocenters. The zero-order chi connectivity index (χ0) is 16.0. The number of carbonyl (C=O) groups excluding carboxylic acids is 1. The van der Waals surface area contributed by atoms with E-state index >= 15 is 0 Å². The Kier molecular flexibility index (Phi) is 6.65. The number of aliphatic hydroxyl groups excluding tert-OH is 1. The van der Waals surface area contributed by atoms with Gasteiger partial charge in [-0.1, -0.05) is 37.6 Å². The summed E-state index contributed by atoms with van der Waals surface area (Å²) in [5.74, 6) is -1.74. The lowest BCUT2D eigenvalue weighted by molar-refractivity contribution is -0.147. The van der Waals surface area contributed by atoms with E-state index in [1.54, 1.807) is 24.3 Å². The molecule has 6 heteroatoms. The first-order valence-corrected chi connectivity index (χ1v) is 7.14. The van der Waals surface area contributed by atoms with Crippen molar-refractivity contribution in [3.8, 4) is 0 Å². The van der Waals surface area contributed by atoms with Gasteiger partial charge in [0.2, 0.25) is 5.91 Å². The summed E-state index contributed by atoms with van der Waals surface area (Å²) in [7, 11) is 0. The summed E-state index contributed by atoms with van der Waals surface area (Å²) in [5, 5.41) is 21.0. The molecule has 0 bridgehead atoms. The first-order valence-electron chi connectivity index (χ1n) is 6.77. The number of amides is 1. The van der Waals surface area contributed by atoms with Crippen LogP contribution in [0, 0.1) is 5.92 Å². The number of hydrogen-bond donors (Lipinski definition) is 3. The van der Waals surface area contributed by atoms with Crippen molar-refractivity contribution < 1.29 is 19.8 Å². The van der Waals surface area contributed by atoms with Gasteiger partial charge in [0, 0.05) is 18.0 Å². The standard InChI is InChI=1S/C15H20ClNO4/c1-9(2)13(10-3-5-11(16)6-4-10)14(19)17-8-7-12(18)15(20)21/h3-6,9,12-13,18H,7-8H2,1-2H3,(H,17,19)(H,20,21). The minimum absolute atomic E-state index is 0.0213. The fourth-order valence-corrected chi connectivity index (χ4v) is 2.20. The maximum absolute atomic E-state index is 12.2. The summed E-state index contributed by atoms with van der Waals surface area (Å²) in [4.78, 5) is 22.7. The van der Waals surface area contributed by atoms with E-state index in [0.717, 1.165) is 5.56 Å². The molecule has 0 spiro atoms. The maximum Gasteiger partial charge on any atom is 0.332 e. The van der Waals surface area contributed by atoms with Crippen molar-refractivity contribution in [2.75, 3.05) is 6.54 Å². The number of aliphatic hydroxyl groups is 1. The second-order valence-corrected chi connectivity index (χ2v) is 5.64. The van der Waals surface area contributed by atoms with Crippen molar-refractivity contribution in [3.05, 3.63) is 34.9 Å². The van der Waals surface area contributed by atoms with Gasteiger partial charge < -0.3 is 15.5 Å². The highest BCUT2D eigenvalue weighted by Crippen LogP contribution is 2.25. The minimum atomic E-state index is -1.46. The van der Waals surface area contributed by atoms with E-state index in [1.165, 1.54) is 0 Å². The maximum atomic E-state index is 12.2. The Morgan fingerprint density at radius 3 is 2.29 bits per heavy atom. The zero-order valence-corrected chi connectivity index (χ0v) is 12.8. The predicted molar refractivity (Wildman–Crippen MR) is 80.3 cm³/mol. The van der Waals surface area contributed by atoms with Crippen molar-refractivity contribution >= 4 is 23.5 Å². The first kappa shape index (κ1) is 17.5. The SMILES string of the molecule is CC(C)C(C(=O)NCCC(O)C(=O)O)c1ccc(Cl)cc1. The molecule has 0 heterocycles. The Hall–Kier alpha value is -1.59. The van der Waals surface area contributed by atoms with E-state index in [4.69, 9.17) is 21.8 Å². The third-order valence-electron chi connectivity index (χ3n) is 3.18. The second-order valence-electron chi connectivity index (χ2n) is 5.21. The third kappa shape index (κ3) is 5.36. The lowest BCUT2D eigenvalue weighted by atomic mass is 9.87. The number of aliphatic carboxylic acids is 1. The topological polar surface area (TPSA) is 86.6 Å². The number of halogens is 1. The number of rotatable bonds is 7. The van der Waals surface area contributed by atoms with Gasteiger partial charge in [-0.3, -0.25) is 4.79 Å². The van der Waals surface area contributed by atoms with Crippen LogP contribution in [-0.2, 0) is 9.59 Å². The van der Waals surface area contributed by atoms with Crippen LogP contribution >= 0.6 is 11.6 Å². The van der Waals surface area contributed by atoms with Gasteiger partial charge in [0.05, 0.1) is 5.92 Å². The highest BCUT2D eigenvalue weighted by molar-refractivity contribution is 6.30. The summed E-state index contributed by atoms with van der Waals surface area (Å²) < 4.78 is 0. The van der Waals surface area contributed by atoms with Crippen LogP contribution in [0.15, 0.2) is 24.3 Å². The van der Waals surface area contributed by atoms with Gasteiger partial charge in [-0.25, -0.2) is 4.79 Å². The number of hydrogen-bond acceptors (Lipinski definition) is 3. The van der Waals surface area contributed by atoms with E-state index in [1.807, 2.05) is 13.8 Å². The van der Waals surface area contributed by atoms with Crippen LogP contribution < -0.4 is 5.32 Å². The molecule has 0 saturated heterocycles. The van der Waals surface area contributed by atoms with Gasteiger partial charge in [-0.05, 0) is 23.6 Å².